The third-order valence-electron chi connectivity index (χ3n) is 3.68. The molecule has 2 N–H and O–H groups in total. The Hall–Kier alpha value is -2.71. The van der Waals surface area contributed by atoms with Crippen LogP contribution < -0.4 is 10.0 Å². The third kappa shape index (κ3) is 5.90. The molecule has 1 aromatic heterocycles. The van der Waals surface area contributed by atoms with Crippen LogP contribution in [-0.4, -0.2) is 25.6 Å². The summed E-state index contributed by atoms with van der Waals surface area (Å²) in [4.78, 5) is 16.8. The summed E-state index contributed by atoms with van der Waals surface area (Å²) in [6.07, 6.45) is 1.85. The number of carbonyl (C=O) groups is 1. The number of nitrogens with one attached hydrogen (secondary N) is 2. The smallest absolute Gasteiger partial charge is 0.251 e. The lowest BCUT2D eigenvalue weighted by atomic mass is 10.2. The zero-order chi connectivity index (χ0) is 19.3. The highest BCUT2D eigenvalue weighted by Crippen LogP contribution is 2.15. The van der Waals surface area contributed by atoms with Crippen molar-refractivity contribution in [2.75, 3.05) is 11.0 Å². The number of rotatable bonds is 7. The molecule has 1 heterocycles. The van der Waals surface area contributed by atoms with E-state index in [1.54, 1.807) is 35.6 Å². The molecule has 3 aromatic rings. The Bertz CT molecular complexity index is 1010. The van der Waals surface area contributed by atoms with Gasteiger partial charge in [0.25, 0.3) is 5.91 Å². The molecule has 0 saturated carbocycles. The van der Waals surface area contributed by atoms with Gasteiger partial charge in [0, 0.05) is 23.1 Å². The van der Waals surface area contributed by atoms with Gasteiger partial charge in [-0.3, -0.25) is 9.52 Å². The van der Waals surface area contributed by atoms with E-state index in [9.17, 15) is 13.2 Å². The molecule has 0 spiro atoms. The van der Waals surface area contributed by atoms with Crippen molar-refractivity contribution in [3.63, 3.8) is 0 Å². The molecule has 0 aliphatic rings. The molecule has 140 valence electrons. The second-order valence-corrected chi connectivity index (χ2v) is 8.72. The van der Waals surface area contributed by atoms with Crippen molar-refractivity contribution in [1.82, 2.24) is 10.3 Å². The fourth-order valence-electron chi connectivity index (χ4n) is 2.46. The van der Waals surface area contributed by atoms with Gasteiger partial charge in [-0.1, -0.05) is 30.3 Å². The highest BCUT2D eigenvalue weighted by molar-refractivity contribution is 7.92. The topological polar surface area (TPSA) is 88.2 Å². The first-order valence-electron chi connectivity index (χ1n) is 8.22. The van der Waals surface area contributed by atoms with E-state index in [1.807, 2.05) is 23.6 Å². The molecule has 0 aliphatic carbocycles. The van der Waals surface area contributed by atoms with E-state index in [0.29, 0.717) is 17.8 Å². The van der Waals surface area contributed by atoms with Gasteiger partial charge >= 0.3 is 0 Å². The summed E-state index contributed by atoms with van der Waals surface area (Å²) < 4.78 is 24.8. The maximum Gasteiger partial charge on any atom is 0.251 e. The van der Waals surface area contributed by atoms with Crippen LogP contribution in [0.2, 0.25) is 0 Å². The zero-order valence-electron chi connectivity index (χ0n) is 14.7. The number of carbonyl (C=O) groups excluding carboxylic acids is 1. The second kappa shape index (κ2) is 8.32. The second-order valence-electron chi connectivity index (χ2n) is 6.03. The highest BCUT2D eigenvalue weighted by atomic mass is 32.2. The Morgan fingerprint density at radius 2 is 1.78 bits per heavy atom. The molecule has 0 saturated heterocycles. The molecule has 2 aromatic carbocycles. The van der Waals surface area contributed by atoms with Gasteiger partial charge in [-0.15, -0.1) is 11.3 Å². The van der Waals surface area contributed by atoms with Crippen molar-refractivity contribution < 1.29 is 13.2 Å². The standard InChI is InChI=1S/C19H19N3O3S2/c1-27(24,25)22-16-9-7-15(8-10-16)19(23)20-12-17-13-26-18(21-17)11-14-5-3-2-4-6-14/h2-10,13,22H,11-12H2,1H3,(H,20,23). The summed E-state index contributed by atoms with van der Waals surface area (Å²) in [6, 6.07) is 16.4. The molecule has 3 rings (SSSR count). The number of hydrogen-bond donors (Lipinski definition) is 2. The predicted molar refractivity (Wildman–Crippen MR) is 107 cm³/mol. The van der Waals surface area contributed by atoms with E-state index in [1.165, 1.54) is 5.56 Å². The van der Waals surface area contributed by atoms with Gasteiger partial charge in [-0.2, -0.15) is 0 Å². The number of benzene rings is 2. The lowest BCUT2D eigenvalue weighted by Gasteiger charge is -2.06. The normalized spacial score (nSPS) is 11.1. The van der Waals surface area contributed by atoms with Crippen molar-refractivity contribution in [1.29, 1.82) is 0 Å². The van der Waals surface area contributed by atoms with Crippen LogP contribution in [-0.2, 0) is 23.0 Å². The minimum absolute atomic E-state index is 0.237. The Balaban J connectivity index is 1.55. The molecule has 27 heavy (non-hydrogen) atoms. The first-order chi connectivity index (χ1) is 12.9. The number of anilines is 1. The number of nitrogens with zero attached hydrogens (tertiary/aromatic N) is 1. The lowest BCUT2D eigenvalue weighted by Crippen LogP contribution is -2.23. The van der Waals surface area contributed by atoms with Crippen LogP contribution in [0.15, 0.2) is 60.0 Å². The average Bonchev–Trinajstić information content (AvgIpc) is 3.07. The van der Waals surface area contributed by atoms with Crippen molar-refractivity contribution in [2.24, 2.45) is 0 Å². The van der Waals surface area contributed by atoms with Gasteiger partial charge in [0.1, 0.15) is 0 Å². The van der Waals surface area contributed by atoms with Crippen LogP contribution in [0, 0.1) is 0 Å². The molecule has 1 amide bonds. The Kier molecular flexibility index (Phi) is 5.88. The fraction of sp³-hybridized carbons (Fsp3) is 0.158. The molecular weight excluding hydrogens is 382 g/mol. The molecule has 0 aliphatic heterocycles. The minimum Gasteiger partial charge on any atom is -0.346 e. The van der Waals surface area contributed by atoms with E-state index in [0.717, 1.165) is 23.4 Å². The van der Waals surface area contributed by atoms with Crippen LogP contribution in [0.3, 0.4) is 0 Å². The van der Waals surface area contributed by atoms with Crippen molar-refractivity contribution in [3.05, 3.63) is 81.8 Å². The summed E-state index contributed by atoms with van der Waals surface area (Å²) in [7, 11) is -3.33. The van der Waals surface area contributed by atoms with E-state index < -0.39 is 10.0 Å². The summed E-state index contributed by atoms with van der Waals surface area (Å²) in [5, 5.41) is 5.77. The quantitative estimate of drug-likeness (QED) is 0.637. The van der Waals surface area contributed by atoms with Gasteiger partial charge < -0.3 is 5.32 Å². The Labute approximate surface area is 162 Å². The SMILES string of the molecule is CS(=O)(=O)Nc1ccc(C(=O)NCc2csc(Cc3ccccc3)n2)cc1. The predicted octanol–water partition coefficient (Wildman–Crippen LogP) is 3.04. The molecule has 0 radical (unpaired) electrons. The zero-order valence-corrected chi connectivity index (χ0v) is 16.3. The van der Waals surface area contributed by atoms with E-state index in [4.69, 9.17) is 0 Å². The Morgan fingerprint density at radius 1 is 1.07 bits per heavy atom. The maximum atomic E-state index is 12.2. The first kappa shape index (κ1) is 19.1. The Morgan fingerprint density at radius 3 is 2.44 bits per heavy atom. The molecule has 8 heteroatoms. The molecule has 0 atom stereocenters. The molecule has 0 fully saturated rings. The van der Waals surface area contributed by atoms with Crippen molar-refractivity contribution >= 4 is 33.0 Å². The van der Waals surface area contributed by atoms with Crippen molar-refractivity contribution in [3.8, 4) is 0 Å². The number of thiazole rings is 1. The van der Waals surface area contributed by atoms with E-state index >= 15 is 0 Å². The summed E-state index contributed by atoms with van der Waals surface area (Å²) >= 11 is 1.57. The number of hydrogen-bond acceptors (Lipinski definition) is 5. The molecule has 0 bridgehead atoms. The maximum absolute atomic E-state index is 12.2. The fourth-order valence-corrected chi connectivity index (χ4v) is 3.85. The van der Waals surface area contributed by atoms with E-state index in [2.05, 4.69) is 27.2 Å². The monoisotopic (exact) mass is 401 g/mol. The summed E-state index contributed by atoms with van der Waals surface area (Å²) in [6.45, 7) is 0.341. The van der Waals surface area contributed by atoms with Crippen LogP contribution in [0.5, 0.6) is 0 Å². The van der Waals surface area contributed by atoms with Crippen molar-refractivity contribution in [2.45, 2.75) is 13.0 Å². The van der Waals surface area contributed by atoms with Crippen LogP contribution in [0.1, 0.15) is 26.6 Å². The first-order valence-corrected chi connectivity index (χ1v) is 11.0. The van der Waals surface area contributed by atoms with E-state index in [-0.39, 0.29) is 5.91 Å². The van der Waals surface area contributed by atoms with Crippen LogP contribution in [0.25, 0.3) is 0 Å². The number of amides is 1. The van der Waals surface area contributed by atoms with Gasteiger partial charge in [0.15, 0.2) is 0 Å². The van der Waals surface area contributed by atoms with Gasteiger partial charge in [0.05, 0.1) is 23.5 Å². The van der Waals surface area contributed by atoms with Gasteiger partial charge in [-0.25, -0.2) is 13.4 Å². The van der Waals surface area contributed by atoms with Gasteiger partial charge in [0.2, 0.25) is 10.0 Å². The molecule has 6 nitrogen and oxygen atoms in total. The largest absolute Gasteiger partial charge is 0.346 e. The van der Waals surface area contributed by atoms with Crippen LogP contribution in [0.4, 0.5) is 5.69 Å². The number of aromatic nitrogens is 1. The average molecular weight is 402 g/mol. The summed E-state index contributed by atoms with van der Waals surface area (Å²) in [5.74, 6) is -0.237. The third-order valence-corrected chi connectivity index (χ3v) is 5.18. The lowest BCUT2D eigenvalue weighted by molar-refractivity contribution is 0.0950. The highest BCUT2D eigenvalue weighted by Gasteiger charge is 2.09. The molecule has 0 unspecified atom stereocenters. The minimum atomic E-state index is -3.33. The van der Waals surface area contributed by atoms with Crippen LogP contribution >= 0.6 is 11.3 Å². The molecular formula is C19H19N3O3S2. The number of sulfonamides is 1. The van der Waals surface area contributed by atoms with Gasteiger partial charge in [-0.05, 0) is 29.8 Å². The summed E-state index contributed by atoms with van der Waals surface area (Å²) in [5.41, 5.74) is 2.88.